The molecule has 0 amide bonds. The van der Waals surface area contributed by atoms with E-state index >= 15 is 0 Å². The molecular weight excluding hydrogens is 302 g/mol. The van der Waals surface area contributed by atoms with Gasteiger partial charge in [-0.05, 0) is 25.5 Å². The van der Waals surface area contributed by atoms with Crippen molar-refractivity contribution in [2.75, 3.05) is 0 Å². The van der Waals surface area contributed by atoms with Crippen LogP contribution in [0.2, 0.25) is 0 Å². The second kappa shape index (κ2) is 6.16. The summed E-state index contributed by atoms with van der Waals surface area (Å²) in [4.78, 5) is 4.09. The second-order valence-corrected chi connectivity index (χ2v) is 6.30. The number of rotatable bonds is 4. The third-order valence-electron chi connectivity index (χ3n) is 4.57. The Morgan fingerprint density at radius 1 is 1.25 bits per heavy atom. The summed E-state index contributed by atoms with van der Waals surface area (Å²) >= 11 is 0. The molecule has 7 nitrogen and oxygen atoms in total. The minimum Gasteiger partial charge on any atom is -0.314 e. The Labute approximate surface area is 140 Å². The van der Waals surface area contributed by atoms with Gasteiger partial charge in [-0.25, -0.2) is 0 Å². The topological polar surface area (TPSA) is 73.5 Å². The van der Waals surface area contributed by atoms with Gasteiger partial charge < -0.3 is 9.88 Å². The summed E-state index contributed by atoms with van der Waals surface area (Å²) in [7, 11) is 1.96. The van der Waals surface area contributed by atoms with Crippen molar-refractivity contribution < 1.29 is 0 Å². The van der Waals surface area contributed by atoms with Crippen molar-refractivity contribution in [3.63, 3.8) is 0 Å². The zero-order valence-electron chi connectivity index (χ0n) is 14.0. The quantitative estimate of drug-likeness (QED) is 0.787. The van der Waals surface area contributed by atoms with Gasteiger partial charge in [-0.2, -0.15) is 5.10 Å². The summed E-state index contributed by atoms with van der Waals surface area (Å²) < 4.78 is 4.09. The molecule has 3 aromatic heterocycles. The van der Waals surface area contributed by atoms with E-state index in [2.05, 4.69) is 36.4 Å². The van der Waals surface area contributed by atoms with Crippen LogP contribution in [-0.4, -0.2) is 35.6 Å². The number of fused-ring (bicyclic) bond motifs is 1. The van der Waals surface area contributed by atoms with Crippen molar-refractivity contribution in [3.05, 3.63) is 47.9 Å². The first-order chi connectivity index (χ1) is 11.7. The molecule has 0 aromatic carbocycles. The highest BCUT2D eigenvalue weighted by atomic mass is 15.3. The maximum atomic E-state index is 4.61. The summed E-state index contributed by atoms with van der Waals surface area (Å²) in [5.41, 5.74) is 3.32. The van der Waals surface area contributed by atoms with Gasteiger partial charge >= 0.3 is 0 Å². The van der Waals surface area contributed by atoms with Crippen LogP contribution in [0.1, 0.15) is 23.6 Å². The van der Waals surface area contributed by atoms with Crippen molar-refractivity contribution in [1.82, 2.24) is 34.8 Å². The largest absolute Gasteiger partial charge is 0.314 e. The fourth-order valence-corrected chi connectivity index (χ4v) is 3.30. The lowest BCUT2D eigenvalue weighted by molar-refractivity contribution is 0.375. The van der Waals surface area contributed by atoms with E-state index in [0.29, 0.717) is 6.04 Å². The molecule has 124 valence electrons. The van der Waals surface area contributed by atoms with Crippen LogP contribution >= 0.6 is 0 Å². The average molecular weight is 323 g/mol. The van der Waals surface area contributed by atoms with Crippen molar-refractivity contribution in [2.24, 2.45) is 7.05 Å². The van der Waals surface area contributed by atoms with E-state index in [1.165, 1.54) is 5.56 Å². The second-order valence-electron chi connectivity index (χ2n) is 6.30. The number of nitrogens with one attached hydrogen (secondary N) is 1. The Hall–Kier alpha value is -2.54. The van der Waals surface area contributed by atoms with E-state index in [0.717, 1.165) is 48.8 Å². The van der Waals surface area contributed by atoms with E-state index < -0.39 is 0 Å². The van der Waals surface area contributed by atoms with Gasteiger partial charge in [0.15, 0.2) is 0 Å². The molecule has 7 heteroatoms. The highest BCUT2D eigenvalue weighted by Crippen LogP contribution is 2.22. The first kappa shape index (κ1) is 15.0. The summed E-state index contributed by atoms with van der Waals surface area (Å²) in [6.07, 6.45) is 7.75. The molecule has 0 fully saturated rings. The molecule has 0 spiro atoms. The van der Waals surface area contributed by atoms with Crippen molar-refractivity contribution in [3.8, 4) is 11.3 Å². The van der Waals surface area contributed by atoms with Crippen LogP contribution in [0.5, 0.6) is 0 Å². The minimum atomic E-state index is 0.428. The monoisotopic (exact) mass is 323 g/mol. The Morgan fingerprint density at radius 2 is 2.08 bits per heavy atom. The highest BCUT2D eigenvalue weighted by molar-refractivity contribution is 5.61. The zero-order valence-corrected chi connectivity index (χ0v) is 14.0. The van der Waals surface area contributed by atoms with Gasteiger partial charge in [-0.3, -0.25) is 9.67 Å². The summed E-state index contributed by atoms with van der Waals surface area (Å²) in [5.74, 6) is 2.10. The zero-order chi connectivity index (χ0) is 16.5. The Kier molecular flexibility index (Phi) is 3.86. The SMILES string of the molecule is Cc1nnc2n1C[C@@H](NCc1cn(C)nc1-c1ccncc1)CC2. The number of nitrogens with zero attached hydrogens (tertiary/aromatic N) is 6. The van der Waals surface area contributed by atoms with Gasteiger partial charge in [0.1, 0.15) is 11.6 Å². The maximum absolute atomic E-state index is 4.61. The van der Waals surface area contributed by atoms with Crippen molar-refractivity contribution in [1.29, 1.82) is 0 Å². The number of pyridine rings is 1. The van der Waals surface area contributed by atoms with Crippen LogP contribution in [0.15, 0.2) is 30.7 Å². The van der Waals surface area contributed by atoms with E-state index in [1.54, 1.807) is 12.4 Å². The molecule has 0 saturated heterocycles. The average Bonchev–Trinajstić information content (AvgIpc) is 3.17. The first-order valence-corrected chi connectivity index (χ1v) is 8.25. The first-order valence-electron chi connectivity index (χ1n) is 8.25. The molecule has 0 saturated carbocycles. The summed E-state index contributed by atoms with van der Waals surface area (Å²) in [6, 6.07) is 4.43. The van der Waals surface area contributed by atoms with Crippen LogP contribution in [0.25, 0.3) is 11.3 Å². The van der Waals surface area contributed by atoms with E-state index in [1.807, 2.05) is 30.8 Å². The van der Waals surface area contributed by atoms with Crippen LogP contribution < -0.4 is 5.32 Å². The fraction of sp³-hybridized carbons (Fsp3) is 0.412. The third kappa shape index (κ3) is 2.82. The van der Waals surface area contributed by atoms with Gasteiger partial charge in [0.2, 0.25) is 0 Å². The van der Waals surface area contributed by atoms with Gasteiger partial charge in [-0.1, -0.05) is 0 Å². The summed E-state index contributed by atoms with van der Waals surface area (Å²) in [6.45, 7) is 3.74. The molecule has 1 N–H and O–H groups in total. The fourth-order valence-electron chi connectivity index (χ4n) is 3.30. The number of hydrogen-bond donors (Lipinski definition) is 1. The lowest BCUT2D eigenvalue weighted by Crippen LogP contribution is -2.37. The Bertz CT molecular complexity index is 834. The number of aromatic nitrogens is 6. The number of aryl methyl sites for hydroxylation is 3. The third-order valence-corrected chi connectivity index (χ3v) is 4.57. The normalized spacial score (nSPS) is 17.0. The van der Waals surface area contributed by atoms with Gasteiger partial charge in [-0.15, -0.1) is 10.2 Å². The predicted octanol–water partition coefficient (Wildman–Crippen LogP) is 1.49. The predicted molar refractivity (Wildman–Crippen MR) is 90.1 cm³/mol. The standard InChI is InChI=1S/C17H21N7/c1-12-20-21-16-4-3-15(11-24(12)16)19-9-14-10-23(2)22-17(14)13-5-7-18-8-6-13/h5-8,10,15,19H,3-4,9,11H2,1-2H3/t15-/m0/s1. The van der Waals surface area contributed by atoms with Crippen molar-refractivity contribution >= 4 is 0 Å². The van der Waals surface area contributed by atoms with Crippen LogP contribution in [0.4, 0.5) is 0 Å². The maximum Gasteiger partial charge on any atom is 0.133 e. The smallest absolute Gasteiger partial charge is 0.133 e. The van der Waals surface area contributed by atoms with Crippen molar-refractivity contribution in [2.45, 2.75) is 38.9 Å². The van der Waals surface area contributed by atoms with Gasteiger partial charge in [0.05, 0.1) is 5.69 Å². The molecule has 4 rings (SSSR count). The van der Waals surface area contributed by atoms with Gasteiger partial charge in [0.25, 0.3) is 0 Å². The van der Waals surface area contributed by atoms with Crippen LogP contribution in [0, 0.1) is 6.92 Å². The molecule has 1 aliphatic heterocycles. The molecule has 0 radical (unpaired) electrons. The number of hydrogen-bond acceptors (Lipinski definition) is 5. The van der Waals surface area contributed by atoms with Gasteiger partial charge in [0, 0.05) is 62.3 Å². The lowest BCUT2D eigenvalue weighted by Gasteiger charge is -2.25. The van der Waals surface area contributed by atoms with Crippen LogP contribution in [0.3, 0.4) is 0 Å². The Balaban J connectivity index is 1.48. The van der Waals surface area contributed by atoms with E-state index in [9.17, 15) is 0 Å². The van der Waals surface area contributed by atoms with E-state index in [-0.39, 0.29) is 0 Å². The molecule has 0 bridgehead atoms. The molecule has 24 heavy (non-hydrogen) atoms. The Morgan fingerprint density at radius 3 is 2.92 bits per heavy atom. The lowest BCUT2D eigenvalue weighted by atomic mass is 10.1. The molecule has 4 heterocycles. The molecule has 1 atom stereocenters. The molecule has 0 aliphatic carbocycles. The minimum absolute atomic E-state index is 0.428. The molecule has 3 aromatic rings. The molecule has 1 aliphatic rings. The van der Waals surface area contributed by atoms with E-state index in [4.69, 9.17) is 0 Å². The van der Waals surface area contributed by atoms with Crippen LogP contribution in [-0.2, 0) is 26.6 Å². The molecular formula is C17H21N7. The summed E-state index contributed by atoms with van der Waals surface area (Å²) in [5, 5.41) is 16.7. The molecule has 0 unspecified atom stereocenters. The highest BCUT2D eigenvalue weighted by Gasteiger charge is 2.21.